The number of benzene rings is 1. The van der Waals surface area contributed by atoms with Gasteiger partial charge in [-0.15, -0.1) is 0 Å². The first-order valence-electron chi connectivity index (χ1n) is 7.33. The zero-order valence-corrected chi connectivity index (χ0v) is 14.6. The van der Waals surface area contributed by atoms with Crippen molar-refractivity contribution in [3.05, 3.63) is 46.4 Å². The lowest BCUT2D eigenvalue weighted by atomic mass is 10.1. The van der Waals surface area contributed by atoms with Crippen molar-refractivity contribution < 1.29 is 19.1 Å². The fourth-order valence-electron chi connectivity index (χ4n) is 2.38. The van der Waals surface area contributed by atoms with E-state index >= 15 is 0 Å². The number of fused-ring (bicyclic) bond motifs is 1. The van der Waals surface area contributed by atoms with Gasteiger partial charge in [-0.1, -0.05) is 42.2 Å². The molecule has 1 fully saturated rings. The Morgan fingerprint density at radius 2 is 2.25 bits per heavy atom. The van der Waals surface area contributed by atoms with Crippen LogP contribution in [0.5, 0.6) is 5.75 Å². The Balaban J connectivity index is 1.75. The second-order valence-corrected chi connectivity index (χ2v) is 6.88. The van der Waals surface area contributed by atoms with Crippen molar-refractivity contribution in [3.63, 3.8) is 0 Å². The summed E-state index contributed by atoms with van der Waals surface area (Å²) in [6, 6.07) is 7.73. The lowest BCUT2D eigenvalue weighted by Crippen LogP contribution is -2.30. The summed E-state index contributed by atoms with van der Waals surface area (Å²) in [5.74, 6) is 0.280. The fourth-order valence-corrected chi connectivity index (χ4v) is 3.71. The van der Waals surface area contributed by atoms with E-state index in [1.807, 2.05) is 30.3 Å². The van der Waals surface area contributed by atoms with E-state index in [-0.39, 0.29) is 24.8 Å². The molecule has 0 aliphatic carbocycles. The summed E-state index contributed by atoms with van der Waals surface area (Å²) in [6.07, 6.45) is 3.92. The van der Waals surface area contributed by atoms with Gasteiger partial charge in [0.05, 0.1) is 18.4 Å². The quantitative estimate of drug-likeness (QED) is 0.467. The van der Waals surface area contributed by atoms with Gasteiger partial charge in [-0.2, -0.15) is 0 Å². The number of carbonyl (C=O) groups is 2. The number of para-hydroxylation sites is 1. The van der Waals surface area contributed by atoms with E-state index in [1.165, 1.54) is 23.8 Å². The van der Waals surface area contributed by atoms with Crippen LogP contribution in [0.3, 0.4) is 0 Å². The minimum Gasteiger partial charge on any atom is -0.488 e. The third kappa shape index (κ3) is 3.52. The van der Waals surface area contributed by atoms with Crippen LogP contribution >= 0.6 is 24.0 Å². The van der Waals surface area contributed by atoms with Gasteiger partial charge in [0.2, 0.25) is 0 Å². The topological polar surface area (TPSA) is 55.8 Å². The van der Waals surface area contributed by atoms with Gasteiger partial charge >= 0.3 is 5.97 Å². The summed E-state index contributed by atoms with van der Waals surface area (Å²) in [5.41, 5.74) is 1.89. The number of thiocarbonyl (C=S) groups is 1. The smallest absolute Gasteiger partial charge is 0.307 e. The van der Waals surface area contributed by atoms with Crippen molar-refractivity contribution in [3.8, 4) is 5.75 Å². The Morgan fingerprint density at radius 1 is 1.46 bits per heavy atom. The maximum Gasteiger partial charge on any atom is 0.307 e. The first-order valence-corrected chi connectivity index (χ1v) is 8.55. The van der Waals surface area contributed by atoms with Gasteiger partial charge < -0.3 is 9.47 Å². The molecule has 0 atom stereocenters. The summed E-state index contributed by atoms with van der Waals surface area (Å²) in [4.78, 5) is 25.7. The number of ether oxygens (including phenoxy) is 2. The number of rotatable bonds is 4. The van der Waals surface area contributed by atoms with Crippen molar-refractivity contribution in [1.82, 2.24) is 4.90 Å². The zero-order chi connectivity index (χ0) is 17.1. The average Bonchev–Trinajstić information content (AvgIpc) is 2.86. The number of hydrogen-bond donors (Lipinski definition) is 0. The number of carbonyl (C=O) groups excluding carboxylic acids is 2. The lowest BCUT2D eigenvalue weighted by molar-refractivity contribution is -0.140. The van der Waals surface area contributed by atoms with Gasteiger partial charge in [0.15, 0.2) is 0 Å². The van der Waals surface area contributed by atoms with Crippen molar-refractivity contribution in [1.29, 1.82) is 0 Å². The summed E-state index contributed by atoms with van der Waals surface area (Å²) in [6.45, 7) is 0.635. The molecular weight excluding hydrogens is 346 g/mol. The van der Waals surface area contributed by atoms with Crippen molar-refractivity contribution in [2.75, 3.05) is 20.3 Å². The molecule has 3 rings (SSSR count). The van der Waals surface area contributed by atoms with E-state index in [1.54, 1.807) is 6.08 Å². The number of esters is 1. The van der Waals surface area contributed by atoms with E-state index in [2.05, 4.69) is 4.74 Å². The number of amides is 1. The Kier molecular flexibility index (Phi) is 5.01. The molecule has 0 unspecified atom stereocenters. The van der Waals surface area contributed by atoms with Crippen LogP contribution in [0, 0.1) is 0 Å². The van der Waals surface area contributed by atoms with E-state index in [4.69, 9.17) is 17.0 Å². The molecule has 24 heavy (non-hydrogen) atoms. The molecule has 0 N–H and O–H groups in total. The molecule has 0 saturated carbocycles. The van der Waals surface area contributed by atoms with Crippen LogP contribution < -0.4 is 4.74 Å². The van der Waals surface area contributed by atoms with Gasteiger partial charge in [-0.3, -0.25) is 14.5 Å². The molecule has 1 amide bonds. The van der Waals surface area contributed by atoms with Crippen LogP contribution in [-0.2, 0) is 14.3 Å². The molecule has 1 aromatic rings. The maximum absolute atomic E-state index is 12.5. The van der Waals surface area contributed by atoms with Gasteiger partial charge in [-0.05, 0) is 23.8 Å². The molecule has 124 valence electrons. The highest BCUT2D eigenvalue weighted by Gasteiger charge is 2.32. The van der Waals surface area contributed by atoms with Gasteiger partial charge in [-0.25, -0.2) is 0 Å². The molecular formula is C17H15NO4S2. The molecule has 0 radical (unpaired) electrons. The summed E-state index contributed by atoms with van der Waals surface area (Å²) in [5, 5.41) is 0. The second-order valence-electron chi connectivity index (χ2n) is 5.21. The van der Waals surface area contributed by atoms with Crippen LogP contribution in [0.15, 0.2) is 40.8 Å². The highest BCUT2D eigenvalue weighted by molar-refractivity contribution is 8.26. The normalized spacial score (nSPS) is 18.3. The molecule has 0 aromatic heterocycles. The Hall–Kier alpha value is -2.12. The second kappa shape index (κ2) is 7.19. The number of nitrogens with zero attached hydrogens (tertiary/aromatic N) is 1. The molecule has 2 aliphatic rings. The highest BCUT2D eigenvalue weighted by atomic mass is 32.2. The van der Waals surface area contributed by atoms with Gasteiger partial charge in [0.1, 0.15) is 16.7 Å². The lowest BCUT2D eigenvalue weighted by Gasteiger charge is -2.16. The Bertz CT molecular complexity index is 770. The summed E-state index contributed by atoms with van der Waals surface area (Å²) < 4.78 is 10.7. The molecule has 5 nitrogen and oxygen atoms in total. The van der Waals surface area contributed by atoms with Crippen LogP contribution in [0.2, 0.25) is 0 Å². The van der Waals surface area contributed by atoms with Crippen LogP contribution in [0.25, 0.3) is 6.08 Å². The first kappa shape index (κ1) is 16.7. The summed E-state index contributed by atoms with van der Waals surface area (Å²) in [7, 11) is 1.32. The van der Waals surface area contributed by atoms with Crippen LogP contribution in [0.4, 0.5) is 0 Å². The Labute approximate surface area is 149 Å². The van der Waals surface area contributed by atoms with Gasteiger partial charge in [0.25, 0.3) is 5.91 Å². The molecule has 1 aromatic carbocycles. The van der Waals surface area contributed by atoms with Gasteiger partial charge in [0, 0.05) is 12.1 Å². The highest BCUT2D eigenvalue weighted by Crippen LogP contribution is 2.34. The minimum atomic E-state index is -0.368. The molecule has 2 heterocycles. The molecule has 2 aliphatic heterocycles. The maximum atomic E-state index is 12.5. The van der Waals surface area contributed by atoms with Crippen LogP contribution in [-0.4, -0.2) is 41.4 Å². The number of thioether (sulfide) groups is 1. The number of methoxy groups -OCH3 is 1. The standard InChI is InChI=1S/C17H15NO4S2/c1-21-15(19)6-7-18-16(20)14(24-17(18)23)9-11-8-12-4-2-3-5-13(12)22-10-11/h2-5,8-9H,6-7,10H2,1H3/b14-9+. The fraction of sp³-hybridized carbons (Fsp3) is 0.235. The predicted molar refractivity (Wildman–Crippen MR) is 96.5 cm³/mol. The Morgan fingerprint density at radius 3 is 3.04 bits per heavy atom. The molecule has 1 saturated heterocycles. The largest absolute Gasteiger partial charge is 0.488 e. The van der Waals surface area contributed by atoms with E-state index in [0.29, 0.717) is 15.8 Å². The first-order chi connectivity index (χ1) is 11.6. The van der Waals surface area contributed by atoms with Crippen molar-refractivity contribution >= 4 is 46.3 Å². The zero-order valence-electron chi connectivity index (χ0n) is 13.0. The third-order valence-electron chi connectivity index (χ3n) is 3.61. The molecule has 0 spiro atoms. The van der Waals surface area contributed by atoms with E-state index in [9.17, 15) is 9.59 Å². The SMILES string of the molecule is COC(=O)CCN1C(=O)/C(=C\C2=Cc3ccccc3OC2)SC1=S. The van der Waals surface area contributed by atoms with E-state index < -0.39 is 0 Å². The predicted octanol–water partition coefficient (Wildman–Crippen LogP) is 2.77. The van der Waals surface area contributed by atoms with E-state index in [0.717, 1.165) is 16.9 Å². The molecule has 0 bridgehead atoms. The minimum absolute atomic E-state index is 0.120. The third-order valence-corrected chi connectivity index (χ3v) is 4.99. The van der Waals surface area contributed by atoms with Crippen molar-refractivity contribution in [2.45, 2.75) is 6.42 Å². The molecule has 7 heteroatoms. The average molecular weight is 361 g/mol. The van der Waals surface area contributed by atoms with Crippen molar-refractivity contribution in [2.24, 2.45) is 0 Å². The summed E-state index contributed by atoms with van der Waals surface area (Å²) >= 11 is 6.47. The number of hydrogen-bond acceptors (Lipinski definition) is 6. The van der Waals surface area contributed by atoms with Crippen LogP contribution in [0.1, 0.15) is 12.0 Å². The monoisotopic (exact) mass is 361 g/mol.